The number of aryl methyl sites for hydroxylation is 1. The van der Waals surface area contributed by atoms with Gasteiger partial charge in [0.1, 0.15) is 5.82 Å². The second-order valence-corrected chi connectivity index (χ2v) is 4.20. The fourth-order valence-corrected chi connectivity index (χ4v) is 1.36. The number of carbonyl (C=O) groups is 1. The number of nitrogen functional groups attached to an aromatic ring is 1. The molecule has 0 spiro atoms. The molecule has 0 aliphatic heterocycles. The molecule has 1 heterocycles. The van der Waals surface area contributed by atoms with Crippen LogP contribution < -0.4 is 10.6 Å². The molecule has 0 aliphatic carbocycles. The zero-order chi connectivity index (χ0) is 13.0. The minimum atomic E-state index is 0.0489. The molecule has 0 bridgehead atoms. The molecular formula is C12H20N4O. The molecule has 0 saturated heterocycles. The molecule has 1 aromatic rings. The Morgan fingerprint density at radius 1 is 1.47 bits per heavy atom. The van der Waals surface area contributed by atoms with E-state index >= 15 is 0 Å². The van der Waals surface area contributed by atoms with Crippen LogP contribution in [0.15, 0.2) is 12.3 Å². The highest BCUT2D eigenvalue weighted by Crippen LogP contribution is 2.17. The largest absolute Gasteiger partial charge is 0.398 e. The van der Waals surface area contributed by atoms with E-state index < -0.39 is 0 Å². The van der Waals surface area contributed by atoms with Crippen molar-refractivity contribution in [1.29, 1.82) is 0 Å². The van der Waals surface area contributed by atoms with Gasteiger partial charge >= 0.3 is 0 Å². The number of amides is 1. The van der Waals surface area contributed by atoms with Crippen LogP contribution in [0.25, 0.3) is 0 Å². The molecule has 2 N–H and O–H groups in total. The second kappa shape index (κ2) is 5.52. The summed E-state index contributed by atoms with van der Waals surface area (Å²) < 4.78 is 0. The summed E-state index contributed by atoms with van der Waals surface area (Å²) in [6, 6.07) is 1.81. The Hall–Kier alpha value is -1.78. The molecule has 1 aromatic heterocycles. The fourth-order valence-electron chi connectivity index (χ4n) is 1.36. The molecule has 0 atom stereocenters. The molecule has 5 heteroatoms. The molecule has 0 radical (unpaired) electrons. The molecular weight excluding hydrogens is 216 g/mol. The predicted molar refractivity (Wildman–Crippen MR) is 70.0 cm³/mol. The number of anilines is 2. The SMILES string of the molecule is CCN(CC(=O)N(C)C)c1cc(N)c(C)cn1. The van der Waals surface area contributed by atoms with Crippen molar-refractivity contribution in [2.45, 2.75) is 13.8 Å². The molecule has 1 rings (SSSR count). The summed E-state index contributed by atoms with van der Waals surface area (Å²) in [5.74, 6) is 0.790. The number of rotatable bonds is 4. The van der Waals surface area contributed by atoms with E-state index in [1.807, 2.05) is 24.8 Å². The zero-order valence-electron chi connectivity index (χ0n) is 10.9. The van der Waals surface area contributed by atoms with Crippen LogP contribution in [0.4, 0.5) is 11.5 Å². The van der Waals surface area contributed by atoms with E-state index in [-0.39, 0.29) is 5.91 Å². The van der Waals surface area contributed by atoms with Gasteiger partial charge in [0.05, 0.1) is 6.54 Å². The summed E-state index contributed by atoms with van der Waals surface area (Å²) in [6.07, 6.45) is 1.73. The number of hydrogen-bond donors (Lipinski definition) is 1. The lowest BCUT2D eigenvalue weighted by atomic mass is 10.2. The van der Waals surface area contributed by atoms with E-state index in [4.69, 9.17) is 5.73 Å². The monoisotopic (exact) mass is 236 g/mol. The maximum Gasteiger partial charge on any atom is 0.241 e. The lowest BCUT2D eigenvalue weighted by Crippen LogP contribution is -2.37. The average molecular weight is 236 g/mol. The van der Waals surface area contributed by atoms with E-state index in [1.165, 1.54) is 0 Å². The highest BCUT2D eigenvalue weighted by molar-refractivity contribution is 5.80. The van der Waals surface area contributed by atoms with E-state index in [1.54, 1.807) is 25.2 Å². The molecule has 0 fully saturated rings. The van der Waals surface area contributed by atoms with Crippen molar-refractivity contribution < 1.29 is 4.79 Å². The van der Waals surface area contributed by atoms with Crippen LogP contribution in [0.2, 0.25) is 0 Å². The minimum absolute atomic E-state index is 0.0489. The first kappa shape index (κ1) is 13.3. The third kappa shape index (κ3) is 3.34. The van der Waals surface area contributed by atoms with Gasteiger partial charge in [-0.25, -0.2) is 4.98 Å². The predicted octanol–water partition coefficient (Wildman–Crippen LogP) is 0.887. The van der Waals surface area contributed by atoms with Gasteiger partial charge in [-0.3, -0.25) is 4.79 Å². The fraction of sp³-hybridized carbons (Fsp3) is 0.500. The van der Waals surface area contributed by atoms with E-state index in [9.17, 15) is 4.79 Å². The Morgan fingerprint density at radius 2 is 2.12 bits per heavy atom. The lowest BCUT2D eigenvalue weighted by molar-refractivity contribution is -0.127. The summed E-state index contributed by atoms with van der Waals surface area (Å²) in [6.45, 7) is 4.93. The van der Waals surface area contributed by atoms with Gasteiger partial charge in [-0.15, -0.1) is 0 Å². The maximum absolute atomic E-state index is 11.7. The topological polar surface area (TPSA) is 62.5 Å². The Morgan fingerprint density at radius 3 is 2.59 bits per heavy atom. The van der Waals surface area contributed by atoms with Crippen LogP contribution in [0.5, 0.6) is 0 Å². The van der Waals surface area contributed by atoms with Crippen LogP contribution in [-0.2, 0) is 4.79 Å². The molecule has 5 nitrogen and oxygen atoms in total. The van der Waals surface area contributed by atoms with Crippen molar-refractivity contribution in [3.05, 3.63) is 17.8 Å². The van der Waals surface area contributed by atoms with E-state index in [0.29, 0.717) is 12.2 Å². The van der Waals surface area contributed by atoms with Gasteiger partial charge in [-0.05, 0) is 19.4 Å². The average Bonchev–Trinajstić information content (AvgIpc) is 2.29. The number of hydrogen-bond acceptors (Lipinski definition) is 4. The normalized spacial score (nSPS) is 10.1. The molecule has 17 heavy (non-hydrogen) atoms. The summed E-state index contributed by atoms with van der Waals surface area (Å²) in [5.41, 5.74) is 7.49. The van der Waals surface area contributed by atoms with Crippen molar-refractivity contribution in [2.24, 2.45) is 0 Å². The Labute approximate surface area is 102 Å². The number of aromatic nitrogens is 1. The van der Waals surface area contributed by atoms with Gasteiger partial charge in [-0.1, -0.05) is 0 Å². The smallest absolute Gasteiger partial charge is 0.241 e. The van der Waals surface area contributed by atoms with Crippen molar-refractivity contribution in [3.63, 3.8) is 0 Å². The van der Waals surface area contributed by atoms with Crippen molar-refractivity contribution in [1.82, 2.24) is 9.88 Å². The first-order valence-corrected chi connectivity index (χ1v) is 5.63. The van der Waals surface area contributed by atoms with Crippen molar-refractivity contribution in [3.8, 4) is 0 Å². The van der Waals surface area contributed by atoms with Crippen molar-refractivity contribution in [2.75, 3.05) is 37.8 Å². The van der Waals surface area contributed by atoms with Gasteiger partial charge in [0.25, 0.3) is 0 Å². The summed E-state index contributed by atoms with van der Waals surface area (Å²) >= 11 is 0. The van der Waals surface area contributed by atoms with Gasteiger partial charge < -0.3 is 15.5 Å². The van der Waals surface area contributed by atoms with Crippen molar-refractivity contribution >= 4 is 17.4 Å². The molecule has 1 amide bonds. The van der Waals surface area contributed by atoms with Crippen LogP contribution >= 0.6 is 0 Å². The third-order valence-corrected chi connectivity index (χ3v) is 2.66. The number of pyridine rings is 1. The van der Waals surface area contributed by atoms with Crippen LogP contribution in [0, 0.1) is 6.92 Å². The van der Waals surface area contributed by atoms with Gasteiger partial charge in [0.15, 0.2) is 0 Å². The molecule has 0 saturated carbocycles. The summed E-state index contributed by atoms with van der Waals surface area (Å²) in [5, 5.41) is 0. The lowest BCUT2D eigenvalue weighted by Gasteiger charge is -2.23. The van der Waals surface area contributed by atoms with Gasteiger partial charge in [0.2, 0.25) is 5.91 Å². The number of nitrogens with two attached hydrogens (primary N) is 1. The number of likely N-dealkylation sites (N-methyl/N-ethyl adjacent to an activating group) is 2. The van der Waals surface area contributed by atoms with Gasteiger partial charge in [-0.2, -0.15) is 0 Å². The molecule has 0 aliphatic rings. The molecule has 94 valence electrons. The quantitative estimate of drug-likeness (QED) is 0.843. The summed E-state index contributed by atoms with van der Waals surface area (Å²) in [7, 11) is 3.49. The Balaban J connectivity index is 2.86. The Kier molecular flexibility index (Phi) is 4.31. The highest BCUT2D eigenvalue weighted by atomic mass is 16.2. The molecule has 0 unspecified atom stereocenters. The van der Waals surface area contributed by atoms with Crippen LogP contribution in [0.3, 0.4) is 0 Å². The van der Waals surface area contributed by atoms with Crippen LogP contribution in [-0.4, -0.2) is 43.0 Å². The van der Waals surface area contributed by atoms with E-state index in [0.717, 1.165) is 17.9 Å². The van der Waals surface area contributed by atoms with E-state index in [2.05, 4.69) is 4.98 Å². The standard InChI is InChI=1S/C12H20N4O/c1-5-16(8-12(17)15(3)4)11-6-10(13)9(2)7-14-11/h6-7H,5,8H2,1-4H3,(H2,13,14). The first-order valence-electron chi connectivity index (χ1n) is 5.63. The third-order valence-electron chi connectivity index (χ3n) is 2.66. The number of nitrogens with zero attached hydrogens (tertiary/aromatic N) is 3. The summed E-state index contributed by atoms with van der Waals surface area (Å²) in [4.78, 5) is 19.4. The van der Waals surface area contributed by atoms with Crippen LogP contribution in [0.1, 0.15) is 12.5 Å². The minimum Gasteiger partial charge on any atom is -0.398 e. The highest BCUT2D eigenvalue weighted by Gasteiger charge is 2.13. The Bertz CT molecular complexity index is 403. The number of carbonyl (C=O) groups excluding carboxylic acids is 1. The zero-order valence-corrected chi connectivity index (χ0v) is 10.9. The molecule has 0 aromatic carbocycles. The maximum atomic E-state index is 11.7. The van der Waals surface area contributed by atoms with Gasteiger partial charge in [0, 0.05) is 38.6 Å². The first-order chi connectivity index (χ1) is 7.95. The second-order valence-electron chi connectivity index (χ2n) is 4.20.